The standard InChI is InChI=1S/C28H53ClN4.CH4.4H2O/c1-22(2)27(30-18-23-12-16-32(19-23)15-7-14-31(5)6)20-33-17-13-26(28(3,4)21-33)24-8-10-25(29)11-9-24;;;;;/h8,22-23,25-27,30H,7,9-21H2,1-6H3;1H4;4*1H2/t23-,25?,26+,27-;;;;;/m0...../s1. The van der Waals surface area contributed by atoms with E-state index in [2.05, 4.69) is 67.9 Å². The molecule has 0 aromatic rings. The van der Waals surface area contributed by atoms with Crippen LogP contribution in [-0.4, -0.2) is 114 Å². The molecule has 0 saturated carbocycles. The minimum Gasteiger partial charge on any atom is -0.412 e. The van der Waals surface area contributed by atoms with E-state index in [-0.39, 0.29) is 29.3 Å². The summed E-state index contributed by atoms with van der Waals surface area (Å²) in [6.45, 7) is 19.6. The summed E-state index contributed by atoms with van der Waals surface area (Å²) in [7, 11) is 4.35. The van der Waals surface area contributed by atoms with Gasteiger partial charge in [0.25, 0.3) is 0 Å². The zero-order chi connectivity index (χ0) is 24.0. The molecule has 0 radical (unpaired) electrons. The Morgan fingerprint density at radius 3 is 2.26 bits per heavy atom. The van der Waals surface area contributed by atoms with Crippen LogP contribution in [-0.2, 0) is 0 Å². The first-order chi connectivity index (χ1) is 15.6. The molecule has 0 aromatic heterocycles. The van der Waals surface area contributed by atoms with Crippen molar-refractivity contribution in [3.05, 3.63) is 11.6 Å². The molecule has 3 aliphatic rings. The van der Waals surface area contributed by atoms with Gasteiger partial charge in [0.2, 0.25) is 0 Å². The summed E-state index contributed by atoms with van der Waals surface area (Å²) in [6, 6.07) is 0.589. The third-order valence-corrected chi connectivity index (χ3v) is 8.91. The van der Waals surface area contributed by atoms with Crippen molar-refractivity contribution in [2.75, 3.05) is 66.5 Å². The molecule has 1 unspecified atom stereocenters. The van der Waals surface area contributed by atoms with Gasteiger partial charge in [-0.25, -0.2) is 0 Å². The lowest BCUT2D eigenvalue weighted by Crippen LogP contribution is -2.52. The van der Waals surface area contributed by atoms with E-state index in [1.807, 2.05) is 0 Å². The molecule has 9 N–H and O–H groups in total. The van der Waals surface area contributed by atoms with Crippen LogP contribution >= 0.6 is 11.6 Å². The molecule has 2 aliphatic heterocycles. The number of rotatable bonds is 11. The first kappa shape index (κ1) is 42.2. The van der Waals surface area contributed by atoms with Gasteiger partial charge in [-0.05, 0) is 109 Å². The fourth-order valence-corrected chi connectivity index (χ4v) is 6.65. The van der Waals surface area contributed by atoms with Crippen molar-refractivity contribution in [2.24, 2.45) is 23.2 Å². The SMILES string of the molecule is C.CC(C)[C@H](CN1CC[C@H](C2=CCC(Cl)CC2)C(C)(C)C1)NC[C@@H]1CCN(CCCN(C)C)C1.O.O.O.O. The fourth-order valence-electron chi connectivity index (χ4n) is 6.45. The largest absolute Gasteiger partial charge is 0.412 e. The second-order valence-electron chi connectivity index (χ2n) is 12.6. The summed E-state index contributed by atoms with van der Waals surface area (Å²) in [5.41, 5.74) is 2.05. The van der Waals surface area contributed by atoms with Crippen molar-refractivity contribution in [1.82, 2.24) is 20.0 Å². The van der Waals surface area contributed by atoms with Crippen LogP contribution in [0.15, 0.2) is 11.6 Å². The Morgan fingerprint density at radius 2 is 1.71 bits per heavy atom. The van der Waals surface area contributed by atoms with Gasteiger partial charge < -0.3 is 41.9 Å². The molecule has 0 bridgehead atoms. The van der Waals surface area contributed by atoms with E-state index in [0.29, 0.717) is 22.8 Å². The Kier molecular flexibility index (Phi) is 21.9. The lowest BCUT2D eigenvalue weighted by molar-refractivity contribution is 0.0594. The average Bonchev–Trinajstić information content (AvgIpc) is 3.18. The second-order valence-corrected chi connectivity index (χ2v) is 13.2. The zero-order valence-corrected chi connectivity index (χ0v) is 25.3. The lowest BCUT2D eigenvalue weighted by Gasteiger charge is -2.47. The molecule has 0 amide bonds. The van der Waals surface area contributed by atoms with E-state index < -0.39 is 0 Å². The first-order valence-electron chi connectivity index (χ1n) is 13.8. The summed E-state index contributed by atoms with van der Waals surface area (Å²) < 4.78 is 0. The van der Waals surface area contributed by atoms with Crippen molar-refractivity contribution in [2.45, 2.75) is 85.1 Å². The molecule has 8 nitrogen and oxygen atoms in total. The van der Waals surface area contributed by atoms with Crippen molar-refractivity contribution in [3.63, 3.8) is 0 Å². The van der Waals surface area contributed by atoms with Gasteiger partial charge in [-0.3, -0.25) is 0 Å². The summed E-state index contributed by atoms with van der Waals surface area (Å²) in [6.07, 6.45) is 9.88. The zero-order valence-electron chi connectivity index (χ0n) is 24.6. The number of hydrogen-bond donors (Lipinski definition) is 1. The molecule has 38 heavy (non-hydrogen) atoms. The highest BCUT2D eigenvalue weighted by atomic mass is 35.5. The number of piperidine rings is 1. The van der Waals surface area contributed by atoms with E-state index in [9.17, 15) is 0 Å². The van der Waals surface area contributed by atoms with Crippen LogP contribution in [0, 0.1) is 23.2 Å². The monoisotopic (exact) mass is 568 g/mol. The van der Waals surface area contributed by atoms with Gasteiger partial charge >= 0.3 is 0 Å². The minimum atomic E-state index is 0. The van der Waals surface area contributed by atoms with Gasteiger partial charge in [0.1, 0.15) is 0 Å². The number of alkyl halides is 1. The molecule has 0 aromatic carbocycles. The smallest absolute Gasteiger partial charge is 0.0373 e. The topological polar surface area (TPSA) is 148 Å². The molecule has 4 atom stereocenters. The van der Waals surface area contributed by atoms with Crippen LogP contribution in [0.1, 0.15) is 73.6 Å². The molecule has 0 spiro atoms. The number of hydrogen-bond acceptors (Lipinski definition) is 4. The highest BCUT2D eigenvalue weighted by molar-refractivity contribution is 6.20. The van der Waals surface area contributed by atoms with E-state index in [4.69, 9.17) is 11.6 Å². The van der Waals surface area contributed by atoms with Crippen LogP contribution < -0.4 is 5.32 Å². The van der Waals surface area contributed by atoms with Gasteiger partial charge in [-0.2, -0.15) is 0 Å². The molecule has 2 fully saturated rings. The first-order valence-corrected chi connectivity index (χ1v) is 14.2. The van der Waals surface area contributed by atoms with Crippen molar-refractivity contribution >= 4 is 11.6 Å². The third kappa shape index (κ3) is 12.9. The predicted molar refractivity (Wildman–Crippen MR) is 165 cm³/mol. The van der Waals surface area contributed by atoms with Gasteiger partial charge in [0, 0.05) is 31.1 Å². The van der Waals surface area contributed by atoms with Crippen molar-refractivity contribution in [1.29, 1.82) is 0 Å². The van der Waals surface area contributed by atoms with Gasteiger partial charge in [0.15, 0.2) is 0 Å². The molecule has 1 aliphatic carbocycles. The number of halogens is 1. The molecule has 2 heterocycles. The average molecular weight is 569 g/mol. The maximum Gasteiger partial charge on any atom is 0.0373 e. The quantitative estimate of drug-likeness (QED) is 0.300. The minimum absolute atomic E-state index is 0. The third-order valence-electron chi connectivity index (χ3n) is 8.52. The predicted octanol–water partition coefficient (Wildman–Crippen LogP) is 2.28. The molecular formula is C29H65ClN4O4. The lowest BCUT2D eigenvalue weighted by atomic mass is 9.68. The summed E-state index contributed by atoms with van der Waals surface area (Å²) in [5, 5.41) is 4.37. The molecule has 232 valence electrons. The van der Waals surface area contributed by atoms with Gasteiger partial charge in [0.05, 0.1) is 0 Å². The molecule has 3 rings (SSSR count). The van der Waals surface area contributed by atoms with Gasteiger partial charge in [-0.15, -0.1) is 11.6 Å². The number of nitrogens with one attached hydrogen (secondary N) is 1. The Bertz CT molecular complexity index is 636. The van der Waals surface area contributed by atoms with Crippen LogP contribution in [0.2, 0.25) is 0 Å². The van der Waals surface area contributed by atoms with E-state index in [1.54, 1.807) is 5.57 Å². The number of allylic oxidation sites excluding steroid dienone is 2. The molecular weight excluding hydrogens is 504 g/mol. The summed E-state index contributed by atoms with van der Waals surface area (Å²) >= 11 is 6.36. The van der Waals surface area contributed by atoms with Crippen LogP contribution in [0.25, 0.3) is 0 Å². The fraction of sp³-hybridized carbons (Fsp3) is 0.931. The van der Waals surface area contributed by atoms with E-state index >= 15 is 0 Å². The van der Waals surface area contributed by atoms with Gasteiger partial charge in [-0.1, -0.05) is 46.8 Å². The maximum atomic E-state index is 6.36. The Labute approximate surface area is 239 Å². The van der Waals surface area contributed by atoms with Crippen LogP contribution in [0.4, 0.5) is 0 Å². The van der Waals surface area contributed by atoms with Crippen molar-refractivity contribution in [3.8, 4) is 0 Å². The Balaban J connectivity index is -0.00000245. The molecule has 9 heteroatoms. The summed E-state index contributed by atoms with van der Waals surface area (Å²) in [5.74, 6) is 2.22. The highest BCUT2D eigenvalue weighted by Gasteiger charge is 2.39. The van der Waals surface area contributed by atoms with Crippen LogP contribution in [0.5, 0.6) is 0 Å². The highest BCUT2D eigenvalue weighted by Crippen LogP contribution is 2.43. The van der Waals surface area contributed by atoms with Crippen molar-refractivity contribution < 1.29 is 21.9 Å². The maximum absolute atomic E-state index is 6.36. The number of nitrogens with zero attached hydrogens (tertiary/aromatic N) is 3. The van der Waals surface area contributed by atoms with Crippen LogP contribution in [0.3, 0.4) is 0 Å². The molecule has 2 saturated heterocycles. The number of likely N-dealkylation sites (tertiary alicyclic amines) is 2. The second kappa shape index (κ2) is 19.7. The normalized spacial score (nSPS) is 26.2. The Morgan fingerprint density at radius 1 is 1.05 bits per heavy atom. The Hall–Kier alpha value is -0.290. The summed E-state index contributed by atoms with van der Waals surface area (Å²) in [4.78, 5) is 7.73. The van der Waals surface area contributed by atoms with E-state index in [1.165, 1.54) is 78.0 Å². The van der Waals surface area contributed by atoms with E-state index in [0.717, 1.165) is 24.7 Å².